The summed E-state index contributed by atoms with van der Waals surface area (Å²) in [5.74, 6) is -0.372. The van der Waals surface area contributed by atoms with Gasteiger partial charge < -0.3 is 14.8 Å². The number of unbranched alkanes of at least 4 members (excludes halogenated alkanes) is 18. The van der Waals surface area contributed by atoms with Gasteiger partial charge in [0.05, 0.1) is 6.42 Å². The number of carbonyl (C=O) groups excluding carboxylic acids is 3. The predicted octanol–water partition coefficient (Wildman–Crippen LogP) is 11.0. The molecule has 0 aliphatic carbocycles. The maximum atomic E-state index is 12.7. The highest BCUT2D eigenvalue weighted by Gasteiger charge is 2.19. The minimum Gasteiger partial charge on any atom is -0.462 e. The van der Waals surface area contributed by atoms with Gasteiger partial charge in [0.2, 0.25) is 5.91 Å². The zero-order chi connectivity index (χ0) is 34.2. The zero-order valence-electron chi connectivity index (χ0n) is 30.4. The lowest BCUT2D eigenvalue weighted by atomic mass is 10.0. The molecule has 1 atom stereocenters. The maximum Gasteiger partial charge on any atom is 0.325 e. The Balaban J connectivity index is 2.32. The number of esters is 2. The first-order valence-electron chi connectivity index (χ1n) is 19.2. The smallest absolute Gasteiger partial charge is 0.325 e. The van der Waals surface area contributed by atoms with Gasteiger partial charge in [0.15, 0.2) is 0 Å². The lowest BCUT2D eigenvalue weighted by Crippen LogP contribution is -2.34. The molecule has 0 aromatic heterocycles. The standard InChI is InChI=1S/C41H69NO5/c1-4-5-6-7-8-9-10-11-14-17-20-26-31-38(33-39(43)42-34-41(45)46-35-37-29-24-22-25-30-37)47-40(44)32-27-21-18-15-12-13-16-19-23-28-36(2)3/h22-25,28-30,36,38H,4-21,26-27,31-35H2,1-3H3,(H,42,43)/b28-23+. The topological polar surface area (TPSA) is 81.7 Å². The quantitative estimate of drug-likeness (QED) is 0.0489. The van der Waals surface area contributed by atoms with Gasteiger partial charge in [0.25, 0.3) is 0 Å². The number of hydrogen-bond acceptors (Lipinski definition) is 5. The Hall–Kier alpha value is -2.63. The van der Waals surface area contributed by atoms with E-state index in [1.807, 2.05) is 30.3 Å². The molecule has 0 bridgehead atoms. The van der Waals surface area contributed by atoms with Crippen molar-refractivity contribution in [3.63, 3.8) is 0 Å². The Morgan fingerprint density at radius 1 is 0.702 bits per heavy atom. The van der Waals surface area contributed by atoms with E-state index in [2.05, 4.69) is 38.2 Å². The van der Waals surface area contributed by atoms with Gasteiger partial charge in [-0.05, 0) is 43.6 Å². The Bertz CT molecular complexity index is 929. The van der Waals surface area contributed by atoms with Crippen molar-refractivity contribution < 1.29 is 23.9 Å². The van der Waals surface area contributed by atoms with Crippen LogP contribution in [0.15, 0.2) is 42.5 Å². The zero-order valence-corrected chi connectivity index (χ0v) is 30.4. The number of carbonyl (C=O) groups is 3. The van der Waals surface area contributed by atoms with Crippen LogP contribution in [0, 0.1) is 5.92 Å². The van der Waals surface area contributed by atoms with E-state index >= 15 is 0 Å². The van der Waals surface area contributed by atoms with Crippen LogP contribution in [0.5, 0.6) is 0 Å². The summed E-state index contributed by atoms with van der Waals surface area (Å²) in [5.41, 5.74) is 0.895. The molecule has 6 heteroatoms. The van der Waals surface area contributed by atoms with Gasteiger partial charge in [-0.25, -0.2) is 0 Å². The van der Waals surface area contributed by atoms with Gasteiger partial charge in [0.1, 0.15) is 19.3 Å². The molecule has 0 heterocycles. The lowest BCUT2D eigenvalue weighted by molar-refractivity contribution is -0.152. The number of nitrogens with one attached hydrogen (secondary N) is 1. The molecule has 1 aromatic rings. The van der Waals surface area contributed by atoms with Crippen molar-refractivity contribution in [1.29, 1.82) is 0 Å². The summed E-state index contributed by atoms with van der Waals surface area (Å²) < 4.78 is 11.1. The normalized spacial score (nSPS) is 12.0. The first-order chi connectivity index (χ1) is 22.9. The first kappa shape index (κ1) is 42.4. The fraction of sp³-hybridized carbons (Fsp3) is 0.732. The van der Waals surface area contributed by atoms with Crippen molar-refractivity contribution in [3.05, 3.63) is 48.0 Å². The molecule has 0 aliphatic heterocycles. The van der Waals surface area contributed by atoms with Crippen molar-refractivity contribution in [2.24, 2.45) is 5.92 Å². The average molecular weight is 656 g/mol. The Morgan fingerprint density at radius 3 is 1.85 bits per heavy atom. The Labute approximate surface area is 288 Å². The summed E-state index contributed by atoms with van der Waals surface area (Å²) in [6.07, 6.45) is 29.5. The van der Waals surface area contributed by atoms with Gasteiger partial charge >= 0.3 is 11.9 Å². The molecule has 1 amide bonds. The van der Waals surface area contributed by atoms with Gasteiger partial charge in [0, 0.05) is 6.42 Å². The molecule has 0 spiro atoms. The summed E-state index contributed by atoms with van der Waals surface area (Å²) in [4.78, 5) is 37.5. The van der Waals surface area contributed by atoms with Crippen LogP contribution in [0.1, 0.15) is 174 Å². The van der Waals surface area contributed by atoms with Crippen molar-refractivity contribution in [3.8, 4) is 0 Å². The number of benzene rings is 1. The molecule has 0 saturated heterocycles. The van der Waals surface area contributed by atoms with Crippen LogP contribution in [0.3, 0.4) is 0 Å². The molecule has 268 valence electrons. The van der Waals surface area contributed by atoms with Crippen molar-refractivity contribution in [2.45, 2.75) is 181 Å². The van der Waals surface area contributed by atoms with Crippen LogP contribution in [0.4, 0.5) is 0 Å². The summed E-state index contributed by atoms with van der Waals surface area (Å²) in [6, 6.07) is 9.45. The monoisotopic (exact) mass is 656 g/mol. The van der Waals surface area contributed by atoms with Crippen molar-refractivity contribution in [2.75, 3.05) is 6.54 Å². The van der Waals surface area contributed by atoms with E-state index in [0.29, 0.717) is 18.8 Å². The molecule has 0 saturated carbocycles. The molecule has 1 rings (SSSR count). The number of hydrogen-bond donors (Lipinski definition) is 1. The van der Waals surface area contributed by atoms with Crippen LogP contribution in [0.2, 0.25) is 0 Å². The predicted molar refractivity (Wildman–Crippen MR) is 195 cm³/mol. The van der Waals surface area contributed by atoms with E-state index in [0.717, 1.165) is 37.7 Å². The molecule has 1 N–H and O–H groups in total. The minimum atomic E-state index is -0.486. The highest BCUT2D eigenvalue weighted by molar-refractivity contribution is 5.82. The second-order valence-electron chi connectivity index (χ2n) is 13.6. The third-order valence-electron chi connectivity index (χ3n) is 8.54. The molecule has 1 aromatic carbocycles. The van der Waals surface area contributed by atoms with E-state index < -0.39 is 12.1 Å². The van der Waals surface area contributed by atoms with Gasteiger partial charge in [-0.2, -0.15) is 0 Å². The Kier molecular flexibility index (Phi) is 27.7. The van der Waals surface area contributed by atoms with E-state index in [-0.39, 0.29) is 31.4 Å². The van der Waals surface area contributed by atoms with E-state index in [4.69, 9.17) is 9.47 Å². The molecule has 0 fully saturated rings. The van der Waals surface area contributed by atoms with E-state index in [9.17, 15) is 14.4 Å². The van der Waals surface area contributed by atoms with Gasteiger partial charge in [-0.15, -0.1) is 0 Å². The summed E-state index contributed by atoms with van der Waals surface area (Å²) >= 11 is 0. The van der Waals surface area contributed by atoms with Crippen LogP contribution in [-0.4, -0.2) is 30.5 Å². The molecule has 6 nitrogen and oxygen atoms in total. The van der Waals surface area contributed by atoms with E-state index in [1.165, 1.54) is 96.3 Å². The van der Waals surface area contributed by atoms with Crippen molar-refractivity contribution in [1.82, 2.24) is 5.32 Å². The molecule has 1 unspecified atom stereocenters. The molecule has 0 aliphatic rings. The van der Waals surface area contributed by atoms with Crippen molar-refractivity contribution >= 4 is 17.8 Å². The second kappa shape index (κ2) is 30.7. The second-order valence-corrected chi connectivity index (χ2v) is 13.6. The molecular weight excluding hydrogens is 586 g/mol. The summed E-state index contributed by atoms with van der Waals surface area (Å²) in [5, 5.41) is 2.65. The largest absolute Gasteiger partial charge is 0.462 e. The Morgan fingerprint density at radius 2 is 1.26 bits per heavy atom. The van der Waals surface area contributed by atoms with Crippen LogP contribution >= 0.6 is 0 Å². The van der Waals surface area contributed by atoms with Crippen LogP contribution in [0.25, 0.3) is 0 Å². The average Bonchev–Trinajstić information content (AvgIpc) is 3.06. The third kappa shape index (κ3) is 28.1. The molecule has 0 radical (unpaired) electrons. The number of amides is 1. The molecular formula is C41H69NO5. The van der Waals surface area contributed by atoms with Crippen LogP contribution in [-0.2, 0) is 30.5 Å². The molecule has 47 heavy (non-hydrogen) atoms. The number of allylic oxidation sites excluding steroid dienone is 2. The lowest BCUT2D eigenvalue weighted by Gasteiger charge is -2.18. The highest BCUT2D eigenvalue weighted by Crippen LogP contribution is 2.17. The van der Waals surface area contributed by atoms with E-state index in [1.54, 1.807) is 0 Å². The highest BCUT2D eigenvalue weighted by atomic mass is 16.5. The van der Waals surface area contributed by atoms with Crippen LogP contribution < -0.4 is 5.32 Å². The van der Waals surface area contributed by atoms with Gasteiger partial charge in [-0.1, -0.05) is 166 Å². The fourth-order valence-electron chi connectivity index (χ4n) is 5.68. The fourth-order valence-corrected chi connectivity index (χ4v) is 5.68. The maximum absolute atomic E-state index is 12.7. The third-order valence-corrected chi connectivity index (χ3v) is 8.54. The number of rotatable bonds is 31. The van der Waals surface area contributed by atoms with Gasteiger partial charge in [-0.3, -0.25) is 14.4 Å². The first-order valence-corrected chi connectivity index (χ1v) is 19.2. The number of ether oxygens (including phenoxy) is 2. The summed E-state index contributed by atoms with van der Waals surface area (Å²) in [7, 11) is 0. The summed E-state index contributed by atoms with van der Waals surface area (Å²) in [6.45, 7) is 6.65. The minimum absolute atomic E-state index is 0.0715. The SMILES string of the molecule is CCCCCCCCCCCCCCC(CC(=O)NCC(=O)OCc1ccccc1)OC(=O)CCCCCCCCC/C=C/C(C)C.